The van der Waals surface area contributed by atoms with Crippen LogP contribution in [0.5, 0.6) is 0 Å². The molecule has 0 atom stereocenters. The van der Waals surface area contributed by atoms with Crippen molar-refractivity contribution in [1.82, 2.24) is 0 Å². The zero-order valence-corrected chi connectivity index (χ0v) is 12.1. The molecule has 0 saturated heterocycles. The largest absolute Gasteiger partial charge is 0.733 e. The predicted molar refractivity (Wildman–Crippen MR) is 89.4 cm³/mol. The van der Waals surface area contributed by atoms with Crippen LogP contribution >= 0.6 is 0 Å². The van der Waals surface area contributed by atoms with Crippen molar-refractivity contribution in [2.24, 2.45) is 0 Å². The standard InChI is InChI=1S/C18H16NO3/c1-2-21-11-12-22-19(20)18-16-9-5-3-7-14(16)13-15-8-4-6-10-17(15)18/h2-10,13H,1,11-12H2/q-1. The Labute approximate surface area is 128 Å². The summed E-state index contributed by atoms with van der Waals surface area (Å²) in [4.78, 5) is 5.25. The van der Waals surface area contributed by atoms with Gasteiger partial charge in [0.1, 0.15) is 13.2 Å². The second-order valence-electron chi connectivity index (χ2n) is 4.80. The van der Waals surface area contributed by atoms with Gasteiger partial charge in [0.15, 0.2) is 0 Å². The molecule has 0 aromatic heterocycles. The fraction of sp³-hybridized carbons (Fsp3) is 0.111. The van der Waals surface area contributed by atoms with E-state index in [2.05, 4.69) is 12.6 Å². The molecular formula is C18H16NO3-. The predicted octanol–water partition coefficient (Wildman–Crippen LogP) is 4.39. The van der Waals surface area contributed by atoms with Crippen molar-refractivity contribution in [1.29, 1.82) is 0 Å². The zero-order valence-electron chi connectivity index (χ0n) is 12.1. The highest BCUT2D eigenvalue weighted by molar-refractivity contribution is 6.11. The lowest BCUT2D eigenvalue weighted by Crippen LogP contribution is -2.19. The Balaban J connectivity index is 2.05. The second kappa shape index (κ2) is 6.47. The van der Waals surface area contributed by atoms with Gasteiger partial charge in [-0.05, 0) is 16.8 Å². The van der Waals surface area contributed by atoms with Crippen molar-refractivity contribution >= 4 is 27.2 Å². The summed E-state index contributed by atoms with van der Waals surface area (Å²) in [5, 5.41) is 16.8. The van der Waals surface area contributed by atoms with E-state index in [-0.39, 0.29) is 13.2 Å². The number of benzene rings is 3. The molecule has 0 saturated carbocycles. The quantitative estimate of drug-likeness (QED) is 0.293. The van der Waals surface area contributed by atoms with Crippen LogP contribution in [0.15, 0.2) is 67.4 Å². The molecule has 0 aliphatic carbocycles. The van der Waals surface area contributed by atoms with E-state index < -0.39 is 0 Å². The number of rotatable bonds is 6. The van der Waals surface area contributed by atoms with Crippen LogP contribution in [0.3, 0.4) is 0 Å². The topological polar surface area (TPSA) is 44.8 Å². The molecule has 0 aliphatic rings. The summed E-state index contributed by atoms with van der Waals surface area (Å²) in [6.45, 7) is 3.89. The van der Waals surface area contributed by atoms with Gasteiger partial charge in [0, 0.05) is 10.8 Å². The molecule has 0 unspecified atom stereocenters. The highest BCUT2D eigenvalue weighted by atomic mass is 16.9. The normalized spacial score (nSPS) is 10.8. The van der Waals surface area contributed by atoms with Gasteiger partial charge < -0.3 is 15.2 Å². The SMILES string of the molecule is C=COCCON([O-])c1c2ccccc2cc2ccccc12. The minimum Gasteiger partial charge on any atom is -0.733 e. The van der Waals surface area contributed by atoms with Crippen molar-refractivity contribution < 1.29 is 9.57 Å². The number of fused-ring (bicyclic) bond motifs is 2. The lowest BCUT2D eigenvalue weighted by Gasteiger charge is -2.31. The molecule has 0 amide bonds. The van der Waals surface area contributed by atoms with Crippen LogP contribution in [-0.4, -0.2) is 13.2 Å². The Hall–Kier alpha value is -2.56. The molecule has 3 aromatic carbocycles. The molecule has 4 heteroatoms. The summed E-state index contributed by atoms with van der Waals surface area (Å²) in [5.74, 6) is 0. The monoisotopic (exact) mass is 294 g/mol. The number of hydrogen-bond acceptors (Lipinski definition) is 4. The number of anilines is 1. The molecule has 3 rings (SSSR count). The van der Waals surface area contributed by atoms with E-state index in [4.69, 9.17) is 9.57 Å². The molecule has 112 valence electrons. The third kappa shape index (κ3) is 2.74. The maximum Gasteiger partial charge on any atom is 0.113 e. The Morgan fingerprint density at radius 1 is 0.955 bits per heavy atom. The smallest absolute Gasteiger partial charge is 0.113 e. The van der Waals surface area contributed by atoms with Crippen LogP contribution < -0.4 is 5.23 Å². The van der Waals surface area contributed by atoms with Crippen LogP contribution in [0.2, 0.25) is 0 Å². The maximum absolute atomic E-state index is 12.4. The van der Waals surface area contributed by atoms with Gasteiger partial charge in [-0.25, -0.2) is 0 Å². The first-order valence-corrected chi connectivity index (χ1v) is 7.04. The summed E-state index contributed by atoms with van der Waals surface area (Å²) < 4.78 is 4.97. The van der Waals surface area contributed by atoms with Gasteiger partial charge in [0.25, 0.3) is 0 Å². The van der Waals surface area contributed by atoms with E-state index in [0.29, 0.717) is 10.9 Å². The lowest BCUT2D eigenvalue weighted by atomic mass is 10.0. The van der Waals surface area contributed by atoms with Gasteiger partial charge in [0.2, 0.25) is 0 Å². The zero-order chi connectivity index (χ0) is 15.4. The third-order valence-corrected chi connectivity index (χ3v) is 3.45. The Morgan fingerprint density at radius 3 is 2.14 bits per heavy atom. The molecule has 0 bridgehead atoms. The van der Waals surface area contributed by atoms with Crippen LogP contribution in [0, 0.1) is 5.21 Å². The Morgan fingerprint density at radius 2 is 1.55 bits per heavy atom. The number of ether oxygens (including phenoxy) is 1. The van der Waals surface area contributed by atoms with E-state index >= 15 is 0 Å². The first-order valence-electron chi connectivity index (χ1n) is 7.04. The first-order chi connectivity index (χ1) is 10.8. The number of nitrogens with zero attached hydrogens (tertiary/aromatic N) is 1. The molecule has 4 nitrogen and oxygen atoms in total. The van der Waals surface area contributed by atoms with Gasteiger partial charge >= 0.3 is 0 Å². The summed E-state index contributed by atoms with van der Waals surface area (Å²) in [6, 6.07) is 17.6. The molecule has 0 aliphatic heterocycles. The van der Waals surface area contributed by atoms with E-state index in [1.807, 2.05) is 48.5 Å². The highest BCUT2D eigenvalue weighted by Gasteiger charge is 2.09. The van der Waals surface area contributed by atoms with Crippen molar-refractivity contribution in [2.75, 3.05) is 18.4 Å². The molecule has 22 heavy (non-hydrogen) atoms. The number of hydrogen-bond donors (Lipinski definition) is 0. The molecule has 0 radical (unpaired) electrons. The molecule has 3 aromatic rings. The van der Waals surface area contributed by atoms with Crippen molar-refractivity contribution in [3.8, 4) is 0 Å². The first kappa shape index (κ1) is 14.4. The molecule has 0 spiro atoms. The van der Waals surface area contributed by atoms with E-state index in [9.17, 15) is 5.21 Å². The van der Waals surface area contributed by atoms with Gasteiger partial charge in [-0.1, -0.05) is 55.1 Å². The Bertz CT molecular complexity index is 747. The van der Waals surface area contributed by atoms with Gasteiger partial charge in [0.05, 0.1) is 11.9 Å². The summed E-state index contributed by atoms with van der Waals surface area (Å²) in [7, 11) is 0. The molecule has 0 N–H and O–H groups in total. The van der Waals surface area contributed by atoms with Crippen molar-refractivity contribution in [3.05, 3.63) is 72.6 Å². The van der Waals surface area contributed by atoms with Gasteiger partial charge in [-0.15, -0.1) is 0 Å². The summed E-state index contributed by atoms with van der Waals surface area (Å²) >= 11 is 0. The Kier molecular flexibility index (Phi) is 4.23. The van der Waals surface area contributed by atoms with Crippen molar-refractivity contribution in [3.63, 3.8) is 0 Å². The average molecular weight is 294 g/mol. The van der Waals surface area contributed by atoms with Crippen LogP contribution in [0.4, 0.5) is 5.69 Å². The van der Waals surface area contributed by atoms with E-state index in [1.165, 1.54) is 6.26 Å². The molecular weight excluding hydrogens is 278 g/mol. The second-order valence-corrected chi connectivity index (χ2v) is 4.80. The van der Waals surface area contributed by atoms with Crippen LogP contribution in [0.25, 0.3) is 21.5 Å². The summed E-state index contributed by atoms with van der Waals surface area (Å²) in [6.07, 6.45) is 1.33. The van der Waals surface area contributed by atoms with Gasteiger partial charge in [-0.3, -0.25) is 4.84 Å². The fourth-order valence-corrected chi connectivity index (χ4v) is 2.50. The minimum absolute atomic E-state index is 0.160. The fourth-order valence-electron chi connectivity index (χ4n) is 2.50. The maximum atomic E-state index is 12.4. The van der Waals surface area contributed by atoms with Gasteiger partial charge in [-0.2, -0.15) is 0 Å². The molecule has 0 heterocycles. The summed E-state index contributed by atoms with van der Waals surface area (Å²) in [5.41, 5.74) is 0.521. The highest BCUT2D eigenvalue weighted by Crippen LogP contribution is 2.35. The van der Waals surface area contributed by atoms with Crippen LogP contribution in [0.1, 0.15) is 0 Å². The van der Waals surface area contributed by atoms with Crippen LogP contribution in [-0.2, 0) is 9.57 Å². The minimum atomic E-state index is 0.160. The average Bonchev–Trinajstić information content (AvgIpc) is 2.56. The molecule has 0 fully saturated rings. The lowest BCUT2D eigenvalue weighted by molar-refractivity contribution is 0.0841. The van der Waals surface area contributed by atoms with E-state index in [1.54, 1.807) is 0 Å². The third-order valence-electron chi connectivity index (χ3n) is 3.45. The van der Waals surface area contributed by atoms with E-state index in [0.717, 1.165) is 21.5 Å². The van der Waals surface area contributed by atoms with Crippen molar-refractivity contribution in [2.45, 2.75) is 0 Å².